The first-order valence-corrected chi connectivity index (χ1v) is 8.75. The highest BCUT2D eigenvalue weighted by Gasteiger charge is 2.38. The molecule has 10 heteroatoms. The summed E-state index contributed by atoms with van der Waals surface area (Å²) in [4.78, 5) is 25.3. The Kier molecular flexibility index (Phi) is 7.68. The number of nitrogens with zero attached hydrogens (tertiary/aromatic N) is 2. The molecule has 30 heavy (non-hydrogen) atoms. The molecule has 1 aromatic carbocycles. The van der Waals surface area contributed by atoms with Crippen molar-refractivity contribution in [2.45, 2.75) is 25.4 Å². The zero-order chi connectivity index (χ0) is 22.1. The lowest BCUT2D eigenvalue weighted by molar-refractivity contribution is -0.192. The predicted octanol–water partition coefficient (Wildman–Crippen LogP) is 4.50. The molecule has 3 aromatic rings. The summed E-state index contributed by atoms with van der Waals surface area (Å²) in [5, 5.41) is 13.9. The Morgan fingerprint density at radius 1 is 1.13 bits per heavy atom. The first-order valence-electron chi connectivity index (χ1n) is 8.75. The maximum atomic E-state index is 12.5. The summed E-state index contributed by atoms with van der Waals surface area (Å²) in [6, 6.07) is 15.1. The van der Waals surface area contributed by atoms with Gasteiger partial charge in [0.05, 0.1) is 5.92 Å². The van der Waals surface area contributed by atoms with Gasteiger partial charge in [0.2, 0.25) is 11.8 Å². The summed E-state index contributed by atoms with van der Waals surface area (Å²) >= 11 is 0. The molecule has 2 N–H and O–H groups in total. The van der Waals surface area contributed by atoms with E-state index >= 15 is 0 Å². The topological polar surface area (TPSA) is 105 Å². The molecule has 0 radical (unpaired) electrons. The van der Waals surface area contributed by atoms with E-state index in [1.807, 2.05) is 49.4 Å². The lowest BCUT2D eigenvalue weighted by atomic mass is 9.96. The minimum Gasteiger partial charge on any atom is -0.475 e. The molecule has 1 atom stereocenters. The van der Waals surface area contributed by atoms with Gasteiger partial charge in [0.15, 0.2) is 0 Å². The van der Waals surface area contributed by atoms with Crippen LogP contribution in [-0.2, 0) is 9.59 Å². The first kappa shape index (κ1) is 22.6. The average molecular weight is 421 g/mol. The zero-order valence-electron chi connectivity index (χ0n) is 15.8. The molecule has 0 saturated carbocycles. The molecule has 0 aliphatic heterocycles. The molecule has 0 fully saturated rings. The Hall–Kier alpha value is -3.69. The SMILES string of the molecule is CCC(C(=O)Nc1cc(-c2ccncc2)no1)c1ccccc1.O=C(O)C(F)(F)F. The molecule has 7 nitrogen and oxygen atoms in total. The minimum absolute atomic E-state index is 0.101. The van der Waals surface area contributed by atoms with Gasteiger partial charge in [-0.15, -0.1) is 0 Å². The van der Waals surface area contributed by atoms with Crippen LogP contribution in [0.15, 0.2) is 65.4 Å². The van der Waals surface area contributed by atoms with Crippen molar-refractivity contribution in [3.05, 3.63) is 66.5 Å². The second-order valence-corrected chi connectivity index (χ2v) is 5.98. The Morgan fingerprint density at radius 2 is 1.73 bits per heavy atom. The largest absolute Gasteiger partial charge is 0.490 e. The number of amides is 1. The van der Waals surface area contributed by atoms with Crippen LogP contribution in [0.3, 0.4) is 0 Å². The first-order chi connectivity index (χ1) is 14.2. The third-order valence-corrected chi connectivity index (χ3v) is 3.90. The normalized spacial score (nSPS) is 11.7. The van der Waals surface area contributed by atoms with Crippen LogP contribution in [0.4, 0.5) is 19.1 Å². The molecule has 1 amide bonds. The van der Waals surface area contributed by atoms with Gasteiger partial charge >= 0.3 is 12.1 Å². The molecule has 1 unspecified atom stereocenters. The third kappa shape index (κ3) is 6.43. The van der Waals surface area contributed by atoms with E-state index in [2.05, 4.69) is 15.5 Å². The smallest absolute Gasteiger partial charge is 0.475 e. The Bertz CT molecular complexity index is 960. The standard InChI is InChI=1S/C18H17N3O2.C2HF3O2/c1-2-15(13-6-4-3-5-7-13)18(22)20-17-12-16(21-23-17)14-8-10-19-11-9-14;3-2(4,5)1(6)7/h3-12,15H,2H2,1H3,(H,20,22);(H,6,7). The Labute approximate surface area is 169 Å². The maximum Gasteiger partial charge on any atom is 0.490 e. The molecule has 158 valence electrons. The van der Waals surface area contributed by atoms with Gasteiger partial charge in [0.1, 0.15) is 5.69 Å². The van der Waals surface area contributed by atoms with E-state index in [1.54, 1.807) is 18.5 Å². The van der Waals surface area contributed by atoms with E-state index in [0.717, 1.165) is 11.1 Å². The number of carbonyl (C=O) groups excluding carboxylic acids is 1. The fraction of sp³-hybridized carbons (Fsp3) is 0.200. The third-order valence-electron chi connectivity index (χ3n) is 3.90. The summed E-state index contributed by atoms with van der Waals surface area (Å²) in [7, 11) is 0. The number of carboxylic acids is 1. The maximum absolute atomic E-state index is 12.5. The van der Waals surface area contributed by atoms with Crippen molar-refractivity contribution < 1.29 is 32.4 Å². The summed E-state index contributed by atoms with van der Waals surface area (Å²) in [6.45, 7) is 1.99. The number of aliphatic carboxylic acids is 1. The van der Waals surface area contributed by atoms with Gasteiger partial charge in [-0.2, -0.15) is 13.2 Å². The number of hydrogen-bond acceptors (Lipinski definition) is 5. The molecule has 2 heterocycles. The Morgan fingerprint density at radius 3 is 2.27 bits per heavy atom. The number of benzene rings is 1. The number of carboxylic acid groups (broad SMARTS) is 1. The molecule has 0 spiro atoms. The van der Waals surface area contributed by atoms with E-state index < -0.39 is 12.1 Å². The lowest BCUT2D eigenvalue weighted by Gasteiger charge is -2.13. The van der Waals surface area contributed by atoms with Crippen molar-refractivity contribution in [1.29, 1.82) is 0 Å². The van der Waals surface area contributed by atoms with Gasteiger partial charge in [-0.05, 0) is 24.1 Å². The average Bonchev–Trinajstić information content (AvgIpc) is 3.18. The van der Waals surface area contributed by atoms with Crippen LogP contribution >= 0.6 is 0 Å². The lowest BCUT2D eigenvalue weighted by Crippen LogP contribution is -2.21. The molecular formula is C20H18F3N3O4. The molecular weight excluding hydrogens is 403 g/mol. The highest BCUT2D eigenvalue weighted by Crippen LogP contribution is 2.24. The number of anilines is 1. The fourth-order valence-electron chi connectivity index (χ4n) is 2.46. The molecule has 2 aromatic heterocycles. The monoisotopic (exact) mass is 421 g/mol. The van der Waals surface area contributed by atoms with Gasteiger partial charge in [0.25, 0.3) is 0 Å². The van der Waals surface area contributed by atoms with Gasteiger partial charge in [-0.3, -0.25) is 15.1 Å². The van der Waals surface area contributed by atoms with Crippen molar-refractivity contribution in [2.75, 3.05) is 5.32 Å². The summed E-state index contributed by atoms with van der Waals surface area (Å²) in [6.07, 6.45) is -1.00. The molecule has 0 aliphatic carbocycles. The second-order valence-electron chi connectivity index (χ2n) is 5.98. The number of rotatable bonds is 5. The number of carbonyl (C=O) groups is 2. The van der Waals surface area contributed by atoms with E-state index in [1.165, 1.54) is 0 Å². The van der Waals surface area contributed by atoms with E-state index in [4.69, 9.17) is 14.4 Å². The van der Waals surface area contributed by atoms with E-state index in [-0.39, 0.29) is 11.8 Å². The summed E-state index contributed by atoms with van der Waals surface area (Å²) in [5.74, 6) is -2.73. The van der Waals surface area contributed by atoms with Crippen LogP contribution in [-0.4, -0.2) is 33.3 Å². The molecule has 0 aliphatic rings. The second kappa shape index (κ2) is 10.2. The van der Waals surface area contributed by atoms with Crippen molar-refractivity contribution in [3.63, 3.8) is 0 Å². The van der Waals surface area contributed by atoms with Crippen LogP contribution in [0.5, 0.6) is 0 Å². The van der Waals surface area contributed by atoms with Gasteiger partial charge in [-0.25, -0.2) is 4.79 Å². The van der Waals surface area contributed by atoms with Crippen LogP contribution in [0.25, 0.3) is 11.3 Å². The molecule has 0 saturated heterocycles. The zero-order valence-corrected chi connectivity index (χ0v) is 15.8. The van der Waals surface area contributed by atoms with Gasteiger partial charge < -0.3 is 9.63 Å². The number of pyridine rings is 1. The highest BCUT2D eigenvalue weighted by atomic mass is 19.4. The minimum atomic E-state index is -5.08. The van der Waals surface area contributed by atoms with Gasteiger partial charge in [0, 0.05) is 24.0 Å². The fourth-order valence-corrected chi connectivity index (χ4v) is 2.46. The molecule has 0 bridgehead atoms. The Balaban J connectivity index is 0.000000396. The number of nitrogens with one attached hydrogen (secondary N) is 1. The van der Waals surface area contributed by atoms with Crippen molar-refractivity contribution in [2.24, 2.45) is 0 Å². The van der Waals surface area contributed by atoms with Crippen LogP contribution in [0, 0.1) is 0 Å². The number of hydrogen-bond donors (Lipinski definition) is 2. The summed E-state index contributed by atoms with van der Waals surface area (Å²) in [5.41, 5.74) is 2.54. The van der Waals surface area contributed by atoms with Crippen molar-refractivity contribution in [1.82, 2.24) is 10.1 Å². The van der Waals surface area contributed by atoms with Crippen LogP contribution < -0.4 is 5.32 Å². The molecule has 3 rings (SSSR count). The number of aromatic nitrogens is 2. The van der Waals surface area contributed by atoms with Crippen molar-refractivity contribution in [3.8, 4) is 11.3 Å². The summed E-state index contributed by atoms with van der Waals surface area (Å²) < 4.78 is 37.0. The van der Waals surface area contributed by atoms with E-state index in [0.29, 0.717) is 18.0 Å². The highest BCUT2D eigenvalue weighted by molar-refractivity contribution is 5.95. The quantitative estimate of drug-likeness (QED) is 0.628. The van der Waals surface area contributed by atoms with Crippen molar-refractivity contribution >= 4 is 17.8 Å². The van der Waals surface area contributed by atoms with Crippen LogP contribution in [0.1, 0.15) is 24.8 Å². The number of alkyl halides is 3. The number of halogens is 3. The van der Waals surface area contributed by atoms with Crippen LogP contribution in [0.2, 0.25) is 0 Å². The van der Waals surface area contributed by atoms with Gasteiger partial charge in [-0.1, -0.05) is 42.4 Å². The predicted molar refractivity (Wildman–Crippen MR) is 102 cm³/mol. The van der Waals surface area contributed by atoms with E-state index in [9.17, 15) is 18.0 Å².